The van der Waals surface area contributed by atoms with Gasteiger partial charge in [-0.3, -0.25) is 10.1 Å². The third-order valence-corrected chi connectivity index (χ3v) is 2.38. The molecular weight excluding hydrogens is 230 g/mol. The number of nitrogens with zero attached hydrogens (tertiary/aromatic N) is 1. The molecule has 0 saturated carbocycles. The maximum absolute atomic E-state index is 10.9. The molecule has 1 rings (SSSR count). The number of anilines is 1. The Balaban J connectivity index is 2.64. The van der Waals surface area contributed by atoms with Gasteiger partial charge in [-0.2, -0.15) is 5.26 Å². The predicted molar refractivity (Wildman–Crippen MR) is 68.8 cm³/mol. The maximum Gasteiger partial charge on any atom is 0.221 e. The van der Waals surface area contributed by atoms with Gasteiger partial charge >= 0.3 is 0 Å². The van der Waals surface area contributed by atoms with Crippen LogP contribution in [0.2, 0.25) is 0 Å². The Hall–Kier alpha value is -1.90. The molecule has 3 N–H and O–H groups in total. The Bertz CT molecular complexity index is 423. The minimum absolute atomic E-state index is 0.104. The van der Waals surface area contributed by atoms with Gasteiger partial charge in [-0.25, -0.2) is 0 Å². The van der Waals surface area contributed by atoms with Crippen LogP contribution in [0.5, 0.6) is 0 Å². The highest BCUT2D eigenvalue weighted by Crippen LogP contribution is 2.15. The Morgan fingerprint density at radius 1 is 1.44 bits per heavy atom. The molecule has 0 aromatic heterocycles. The van der Waals surface area contributed by atoms with E-state index in [0.29, 0.717) is 18.7 Å². The number of amides is 1. The van der Waals surface area contributed by atoms with E-state index in [0.717, 1.165) is 5.56 Å². The second-order valence-electron chi connectivity index (χ2n) is 3.90. The molecule has 1 unspecified atom stereocenters. The Kier molecular flexibility index (Phi) is 5.85. The van der Waals surface area contributed by atoms with Gasteiger partial charge in [0.15, 0.2) is 0 Å². The van der Waals surface area contributed by atoms with E-state index < -0.39 is 6.04 Å². The molecule has 0 aliphatic heterocycles. The fourth-order valence-corrected chi connectivity index (χ4v) is 1.53. The van der Waals surface area contributed by atoms with Gasteiger partial charge in [-0.05, 0) is 30.7 Å². The number of rotatable bonds is 6. The lowest BCUT2D eigenvalue weighted by Crippen LogP contribution is -2.21. The number of aliphatic hydroxyl groups is 1. The van der Waals surface area contributed by atoms with Crippen molar-refractivity contribution in [1.29, 1.82) is 5.26 Å². The summed E-state index contributed by atoms with van der Waals surface area (Å²) in [7, 11) is 0. The Labute approximate surface area is 106 Å². The molecule has 0 spiro atoms. The quantitative estimate of drug-likeness (QED) is 0.659. The van der Waals surface area contributed by atoms with Crippen molar-refractivity contribution in [2.24, 2.45) is 0 Å². The van der Waals surface area contributed by atoms with Crippen molar-refractivity contribution in [2.75, 3.05) is 18.5 Å². The third-order valence-electron chi connectivity index (χ3n) is 2.38. The van der Waals surface area contributed by atoms with Crippen LogP contribution in [-0.2, 0) is 4.79 Å². The number of benzene rings is 1. The normalized spacial score (nSPS) is 11.6. The molecule has 5 heteroatoms. The van der Waals surface area contributed by atoms with Crippen molar-refractivity contribution < 1.29 is 9.90 Å². The molecule has 5 nitrogen and oxygen atoms in total. The van der Waals surface area contributed by atoms with E-state index in [1.807, 2.05) is 0 Å². The number of carbonyl (C=O) groups excluding carboxylic acids is 1. The first-order chi connectivity index (χ1) is 8.67. The molecule has 0 saturated heterocycles. The smallest absolute Gasteiger partial charge is 0.221 e. The molecule has 1 atom stereocenters. The van der Waals surface area contributed by atoms with Gasteiger partial charge in [0, 0.05) is 19.2 Å². The zero-order chi connectivity index (χ0) is 13.4. The van der Waals surface area contributed by atoms with Crippen molar-refractivity contribution in [3.63, 3.8) is 0 Å². The zero-order valence-electron chi connectivity index (χ0n) is 10.3. The highest BCUT2D eigenvalue weighted by molar-refractivity contribution is 5.88. The average molecular weight is 247 g/mol. The van der Waals surface area contributed by atoms with Gasteiger partial charge < -0.3 is 10.4 Å². The summed E-state index contributed by atoms with van der Waals surface area (Å²) in [5.41, 5.74) is 1.54. The summed E-state index contributed by atoms with van der Waals surface area (Å²) >= 11 is 0. The molecule has 0 radical (unpaired) electrons. The van der Waals surface area contributed by atoms with Crippen LogP contribution in [0.1, 0.15) is 24.9 Å². The van der Waals surface area contributed by atoms with E-state index in [1.165, 1.54) is 6.92 Å². The molecule has 1 aromatic rings. The summed E-state index contributed by atoms with van der Waals surface area (Å²) in [5.74, 6) is -0.124. The molecule has 0 aliphatic carbocycles. The van der Waals surface area contributed by atoms with Crippen LogP contribution in [-0.4, -0.2) is 24.2 Å². The monoisotopic (exact) mass is 247 g/mol. The van der Waals surface area contributed by atoms with Crippen molar-refractivity contribution >= 4 is 11.6 Å². The van der Waals surface area contributed by atoms with Crippen LogP contribution in [0, 0.1) is 11.3 Å². The number of hydrogen-bond donors (Lipinski definition) is 3. The Morgan fingerprint density at radius 3 is 2.61 bits per heavy atom. The number of nitriles is 1. The molecule has 96 valence electrons. The molecule has 0 fully saturated rings. The summed E-state index contributed by atoms with van der Waals surface area (Å²) < 4.78 is 0. The maximum atomic E-state index is 10.9. The second kappa shape index (κ2) is 7.43. The van der Waals surface area contributed by atoms with Crippen LogP contribution in [0.15, 0.2) is 24.3 Å². The molecule has 1 aromatic carbocycles. The van der Waals surface area contributed by atoms with Crippen molar-refractivity contribution in [2.45, 2.75) is 19.4 Å². The van der Waals surface area contributed by atoms with E-state index in [-0.39, 0.29) is 12.5 Å². The first kappa shape index (κ1) is 14.2. The van der Waals surface area contributed by atoms with Crippen LogP contribution in [0.25, 0.3) is 0 Å². The molecule has 0 aliphatic rings. The zero-order valence-corrected chi connectivity index (χ0v) is 10.3. The minimum atomic E-state index is -0.400. The summed E-state index contributed by atoms with van der Waals surface area (Å²) in [6.07, 6.45) is 0.613. The largest absolute Gasteiger partial charge is 0.396 e. The van der Waals surface area contributed by atoms with Crippen LogP contribution in [0.3, 0.4) is 0 Å². The summed E-state index contributed by atoms with van der Waals surface area (Å²) in [6.45, 7) is 2.14. The highest BCUT2D eigenvalue weighted by atomic mass is 16.3. The van der Waals surface area contributed by atoms with Gasteiger partial charge in [0.2, 0.25) is 5.91 Å². The number of hydrogen-bond acceptors (Lipinski definition) is 4. The molecule has 1 amide bonds. The lowest BCUT2D eigenvalue weighted by molar-refractivity contribution is -0.114. The number of nitrogens with one attached hydrogen (secondary N) is 2. The first-order valence-corrected chi connectivity index (χ1v) is 5.78. The Morgan fingerprint density at radius 2 is 2.11 bits per heavy atom. The topological polar surface area (TPSA) is 85.2 Å². The van der Waals surface area contributed by atoms with Gasteiger partial charge in [0.1, 0.15) is 6.04 Å². The SMILES string of the molecule is CC(=O)Nc1ccc(C(C#N)NCCCO)cc1. The second-order valence-corrected chi connectivity index (χ2v) is 3.90. The first-order valence-electron chi connectivity index (χ1n) is 5.78. The van der Waals surface area contributed by atoms with Crippen molar-refractivity contribution in [1.82, 2.24) is 5.32 Å². The van der Waals surface area contributed by atoms with Crippen LogP contribution < -0.4 is 10.6 Å². The minimum Gasteiger partial charge on any atom is -0.396 e. The lowest BCUT2D eigenvalue weighted by atomic mass is 10.1. The van der Waals surface area contributed by atoms with Crippen molar-refractivity contribution in [3.05, 3.63) is 29.8 Å². The fraction of sp³-hybridized carbons (Fsp3) is 0.385. The third kappa shape index (κ3) is 4.53. The number of carbonyl (C=O) groups is 1. The molecule has 0 heterocycles. The van der Waals surface area contributed by atoms with E-state index in [1.54, 1.807) is 24.3 Å². The average Bonchev–Trinajstić information content (AvgIpc) is 2.35. The van der Waals surface area contributed by atoms with Crippen LogP contribution in [0.4, 0.5) is 5.69 Å². The molecular formula is C13H17N3O2. The van der Waals surface area contributed by atoms with Crippen molar-refractivity contribution in [3.8, 4) is 6.07 Å². The van der Waals surface area contributed by atoms with E-state index in [9.17, 15) is 4.79 Å². The van der Waals surface area contributed by atoms with E-state index >= 15 is 0 Å². The molecule has 0 bridgehead atoms. The number of aliphatic hydroxyl groups excluding tert-OH is 1. The van der Waals surface area contributed by atoms with E-state index in [2.05, 4.69) is 16.7 Å². The lowest BCUT2D eigenvalue weighted by Gasteiger charge is -2.12. The van der Waals surface area contributed by atoms with Gasteiger partial charge in [0.05, 0.1) is 6.07 Å². The van der Waals surface area contributed by atoms with Gasteiger partial charge in [-0.1, -0.05) is 12.1 Å². The van der Waals surface area contributed by atoms with Gasteiger partial charge in [0.25, 0.3) is 0 Å². The van der Waals surface area contributed by atoms with Gasteiger partial charge in [-0.15, -0.1) is 0 Å². The predicted octanol–water partition coefficient (Wildman–Crippen LogP) is 1.18. The molecule has 18 heavy (non-hydrogen) atoms. The van der Waals surface area contributed by atoms with Crippen LogP contribution >= 0.6 is 0 Å². The fourth-order valence-electron chi connectivity index (χ4n) is 1.53. The standard InChI is InChI=1S/C13H17N3O2/c1-10(18)16-12-5-3-11(4-6-12)13(9-14)15-7-2-8-17/h3-6,13,15,17H,2,7-8H2,1H3,(H,16,18). The summed E-state index contributed by atoms with van der Waals surface area (Å²) in [5, 5.41) is 23.4. The highest BCUT2D eigenvalue weighted by Gasteiger charge is 2.09. The summed E-state index contributed by atoms with van der Waals surface area (Å²) in [6, 6.07) is 8.87. The summed E-state index contributed by atoms with van der Waals surface area (Å²) in [4.78, 5) is 10.9. The van der Waals surface area contributed by atoms with E-state index in [4.69, 9.17) is 10.4 Å².